The molecule has 1 saturated carbocycles. The summed E-state index contributed by atoms with van der Waals surface area (Å²) in [6.45, 7) is 1.53. The first-order chi connectivity index (χ1) is 9.74. The summed E-state index contributed by atoms with van der Waals surface area (Å²) in [5, 5.41) is 2.85. The number of anilines is 2. The first kappa shape index (κ1) is 14.9. The van der Waals surface area contributed by atoms with Crippen LogP contribution in [0.3, 0.4) is 0 Å². The van der Waals surface area contributed by atoms with Gasteiger partial charge in [-0.15, -0.1) is 0 Å². The van der Waals surface area contributed by atoms with Gasteiger partial charge < -0.3 is 15.8 Å². The minimum atomic E-state index is 0.0271. The van der Waals surface area contributed by atoms with Crippen molar-refractivity contribution in [1.29, 1.82) is 0 Å². The van der Waals surface area contributed by atoms with Crippen molar-refractivity contribution in [2.45, 2.75) is 38.5 Å². The van der Waals surface area contributed by atoms with Crippen molar-refractivity contribution in [3.8, 4) is 0 Å². The normalized spacial score (nSPS) is 15.4. The predicted octanol–water partition coefficient (Wildman–Crippen LogP) is 3.19. The van der Waals surface area contributed by atoms with Crippen molar-refractivity contribution in [1.82, 2.24) is 0 Å². The molecule has 0 spiro atoms. The standard InChI is InChI=1S/C16H24N2O2/c17-14-7-9-15(10-8-14)18-16(19)6-3-11-20-12-13-4-1-2-5-13/h7-10,13H,1-6,11-12,17H2,(H,18,19). The van der Waals surface area contributed by atoms with E-state index in [1.165, 1.54) is 25.7 Å². The van der Waals surface area contributed by atoms with Gasteiger partial charge in [-0.3, -0.25) is 4.79 Å². The van der Waals surface area contributed by atoms with Crippen molar-refractivity contribution in [2.24, 2.45) is 5.92 Å². The third-order valence-corrected chi connectivity index (χ3v) is 3.72. The van der Waals surface area contributed by atoms with Gasteiger partial charge in [-0.05, 0) is 49.4 Å². The van der Waals surface area contributed by atoms with E-state index in [2.05, 4.69) is 5.32 Å². The lowest BCUT2D eigenvalue weighted by molar-refractivity contribution is -0.116. The van der Waals surface area contributed by atoms with Crippen LogP contribution in [-0.4, -0.2) is 19.1 Å². The minimum absolute atomic E-state index is 0.0271. The fourth-order valence-corrected chi connectivity index (χ4v) is 2.55. The van der Waals surface area contributed by atoms with Gasteiger partial charge in [0, 0.05) is 31.0 Å². The second-order valence-electron chi connectivity index (χ2n) is 5.50. The van der Waals surface area contributed by atoms with Gasteiger partial charge in [-0.25, -0.2) is 0 Å². The Hall–Kier alpha value is -1.55. The molecule has 1 aliphatic carbocycles. The smallest absolute Gasteiger partial charge is 0.224 e. The molecule has 0 aliphatic heterocycles. The maximum atomic E-state index is 11.7. The first-order valence-corrected chi connectivity index (χ1v) is 7.47. The highest BCUT2D eigenvalue weighted by Crippen LogP contribution is 2.24. The molecule has 110 valence electrons. The Morgan fingerprint density at radius 2 is 1.95 bits per heavy atom. The summed E-state index contributed by atoms with van der Waals surface area (Å²) in [5.41, 5.74) is 7.08. The molecule has 4 nitrogen and oxygen atoms in total. The molecular weight excluding hydrogens is 252 g/mol. The van der Waals surface area contributed by atoms with E-state index in [9.17, 15) is 4.79 Å². The molecule has 1 fully saturated rings. The van der Waals surface area contributed by atoms with Crippen LogP contribution in [-0.2, 0) is 9.53 Å². The zero-order valence-corrected chi connectivity index (χ0v) is 11.9. The highest BCUT2D eigenvalue weighted by Gasteiger charge is 2.14. The molecule has 0 heterocycles. The Morgan fingerprint density at radius 3 is 2.65 bits per heavy atom. The molecule has 1 amide bonds. The summed E-state index contributed by atoms with van der Waals surface area (Å²) in [6, 6.07) is 7.17. The largest absolute Gasteiger partial charge is 0.399 e. The van der Waals surface area contributed by atoms with Gasteiger partial charge >= 0.3 is 0 Å². The Kier molecular flexibility index (Phi) is 5.87. The highest BCUT2D eigenvalue weighted by molar-refractivity contribution is 5.90. The number of hydrogen-bond donors (Lipinski definition) is 2. The quantitative estimate of drug-likeness (QED) is 0.594. The van der Waals surface area contributed by atoms with Crippen LogP contribution in [0.15, 0.2) is 24.3 Å². The van der Waals surface area contributed by atoms with E-state index in [1.807, 2.05) is 12.1 Å². The molecule has 1 aromatic carbocycles. The zero-order valence-electron chi connectivity index (χ0n) is 11.9. The second kappa shape index (κ2) is 7.90. The number of ether oxygens (including phenoxy) is 1. The van der Waals surface area contributed by atoms with Crippen LogP contribution in [0.4, 0.5) is 11.4 Å². The Balaban J connectivity index is 1.54. The molecule has 1 aromatic rings. The molecule has 20 heavy (non-hydrogen) atoms. The van der Waals surface area contributed by atoms with Crippen LogP contribution in [0.5, 0.6) is 0 Å². The summed E-state index contributed by atoms with van der Waals surface area (Å²) in [4.78, 5) is 11.7. The number of carbonyl (C=O) groups is 1. The Morgan fingerprint density at radius 1 is 1.25 bits per heavy atom. The second-order valence-corrected chi connectivity index (χ2v) is 5.50. The minimum Gasteiger partial charge on any atom is -0.399 e. The van der Waals surface area contributed by atoms with Crippen molar-refractivity contribution < 1.29 is 9.53 Å². The van der Waals surface area contributed by atoms with Crippen molar-refractivity contribution in [3.63, 3.8) is 0 Å². The van der Waals surface area contributed by atoms with E-state index in [0.717, 1.165) is 24.6 Å². The van der Waals surface area contributed by atoms with Crippen LogP contribution in [0.2, 0.25) is 0 Å². The van der Waals surface area contributed by atoms with E-state index in [4.69, 9.17) is 10.5 Å². The molecule has 0 radical (unpaired) electrons. The monoisotopic (exact) mass is 276 g/mol. The highest BCUT2D eigenvalue weighted by atomic mass is 16.5. The molecule has 0 atom stereocenters. The van der Waals surface area contributed by atoms with E-state index in [0.29, 0.717) is 18.7 Å². The van der Waals surface area contributed by atoms with Gasteiger partial charge in [-0.1, -0.05) is 12.8 Å². The molecule has 0 unspecified atom stereocenters. The van der Waals surface area contributed by atoms with Crippen molar-refractivity contribution in [2.75, 3.05) is 24.3 Å². The lowest BCUT2D eigenvalue weighted by Gasteiger charge is -2.09. The summed E-state index contributed by atoms with van der Waals surface area (Å²) in [7, 11) is 0. The number of hydrogen-bond acceptors (Lipinski definition) is 3. The summed E-state index contributed by atoms with van der Waals surface area (Å²) >= 11 is 0. The van der Waals surface area contributed by atoms with E-state index >= 15 is 0 Å². The molecular formula is C16H24N2O2. The fourth-order valence-electron chi connectivity index (χ4n) is 2.55. The van der Waals surface area contributed by atoms with Gasteiger partial charge in [0.1, 0.15) is 0 Å². The summed E-state index contributed by atoms with van der Waals surface area (Å²) in [6.07, 6.45) is 6.56. The third-order valence-electron chi connectivity index (χ3n) is 3.72. The summed E-state index contributed by atoms with van der Waals surface area (Å²) < 4.78 is 5.64. The van der Waals surface area contributed by atoms with Crippen molar-refractivity contribution in [3.05, 3.63) is 24.3 Å². The van der Waals surface area contributed by atoms with Crippen LogP contribution in [0.25, 0.3) is 0 Å². The summed E-state index contributed by atoms with van der Waals surface area (Å²) in [5.74, 6) is 0.776. The lowest BCUT2D eigenvalue weighted by atomic mass is 10.1. The van der Waals surface area contributed by atoms with Gasteiger partial charge in [0.15, 0.2) is 0 Å². The first-order valence-electron chi connectivity index (χ1n) is 7.47. The number of nitrogens with one attached hydrogen (secondary N) is 1. The Labute approximate surface area is 120 Å². The molecule has 2 rings (SSSR count). The number of nitrogens with two attached hydrogens (primary N) is 1. The van der Waals surface area contributed by atoms with Crippen LogP contribution >= 0.6 is 0 Å². The predicted molar refractivity (Wildman–Crippen MR) is 81.5 cm³/mol. The van der Waals surface area contributed by atoms with Crippen LogP contribution in [0, 0.1) is 5.92 Å². The average molecular weight is 276 g/mol. The molecule has 0 aromatic heterocycles. The van der Waals surface area contributed by atoms with Crippen LogP contribution in [0.1, 0.15) is 38.5 Å². The van der Waals surface area contributed by atoms with Crippen LogP contribution < -0.4 is 11.1 Å². The zero-order chi connectivity index (χ0) is 14.2. The van der Waals surface area contributed by atoms with Gasteiger partial charge in [0.25, 0.3) is 0 Å². The number of amides is 1. The number of rotatable bonds is 7. The maximum Gasteiger partial charge on any atom is 0.224 e. The Bertz CT molecular complexity index is 411. The van der Waals surface area contributed by atoms with E-state index in [-0.39, 0.29) is 5.91 Å². The van der Waals surface area contributed by atoms with Gasteiger partial charge in [-0.2, -0.15) is 0 Å². The molecule has 4 heteroatoms. The SMILES string of the molecule is Nc1ccc(NC(=O)CCCOCC2CCCC2)cc1. The number of benzene rings is 1. The fraction of sp³-hybridized carbons (Fsp3) is 0.562. The lowest BCUT2D eigenvalue weighted by Crippen LogP contribution is -2.13. The number of nitrogen functional groups attached to an aromatic ring is 1. The molecule has 3 N–H and O–H groups in total. The molecule has 0 bridgehead atoms. The average Bonchev–Trinajstić information content (AvgIpc) is 2.94. The number of carbonyl (C=O) groups excluding carboxylic acids is 1. The van der Waals surface area contributed by atoms with E-state index < -0.39 is 0 Å². The molecule has 0 saturated heterocycles. The topological polar surface area (TPSA) is 64.3 Å². The third kappa shape index (κ3) is 5.21. The van der Waals surface area contributed by atoms with E-state index in [1.54, 1.807) is 12.1 Å². The van der Waals surface area contributed by atoms with Gasteiger partial charge in [0.2, 0.25) is 5.91 Å². The van der Waals surface area contributed by atoms with Crippen molar-refractivity contribution >= 4 is 17.3 Å². The maximum absolute atomic E-state index is 11.7. The molecule has 1 aliphatic rings. The van der Waals surface area contributed by atoms with Gasteiger partial charge in [0.05, 0.1) is 0 Å².